The van der Waals surface area contributed by atoms with E-state index < -0.39 is 5.97 Å². The third kappa shape index (κ3) is 2.46. The molecule has 0 radical (unpaired) electrons. The number of hydrogen-bond acceptors (Lipinski definition) is 3. The van der Waals surface area contributed by atoms with Crippen molar-refractivity contribution in [3.05, 3.63) is 54.5 Å². The molecule has 0 saturated heterocycles. The quantitative estimate of drug-likeness (QED) is 0.786. The zero-order valence-corrected chi connectivity index (χ0v) is 12.2. The lowest BCUT2D eigenvalue weighted by Gasteiger charge is -2.07. The van der Waals surface area contributed by atoms with Crippen LogP contribution in [-0.2, 0) is 11.3 Å². The molecule has 0 aliphatic rings. The zero-order valence-electron chi connectivity index (χ0n) is 12.2. The molecule has 3 aromatic rings. The molecule has 0 aliphatic heterocycles. The lowest BCUT2D eigenvalue weighted by atomic mass is 10.0. The second-order valence-electron chi connectivity index (χ2n) is 4.98. The van der Waals surface area contributed by atoms with Gasteiger partial charge in [-0.3, -0.25) is 4.98 Å². The summed E-state index contributed by atoms with van der Waals surface area (Å²) in [6.07, 6.45) is 5.12. The fourth-order valence-electron chi connectivity index (χ4n) is 2.65. The number of fused-ring (bicyclic) bond motifs is 1. The molecule has 0 unspecified atom stereocenters. The van der Waals surface area contributed by atoms with Crippen molar-refractivity contribution in [2.75, 3.05) is 13.7 Å². The minimum atomic E-state index is -0.933. The van der Waals surface area contributed by atoms with E-state index in [-0.39, 0.29) is 0 Å². The molecule has 2 heterocycles. The molecule has 0 saturated carbocycles. The van der Waals surface area contributed by atoms with Crippen molar-refractivity contribution in [3.8, 4) is 11.1 Å². The number of ether oxygens (including phenoxy) is 1. The Hall–Kier alpha value is -2.66. The lowest BCUT2D eigenvalue weighted by molar-refractivity contribution is 0.0698. The van der Waals surface area contributed by atoms with Crippen LogP contribution in [0, 0.1) is 0 Å². The minimum Gasteiger partial charge on any atom is -0.478 e. The maximum absolute atomic E-state index is 11.6. The summed E-state index contributed by atoms with van der Waals surface area (Å²) in [5.41, 5.74) is 2.96. The maximum atomic E-state index is 11.6. The van der Waals surface area contributed by atoms with Gasteiger partial charge in [0.2, 0.25) is 0 Å². The first-order valence-corrected chi connectivity index (χ1v) is 6.97. The van der Waals surface area contributed by atoms with Crippen molar-refractivity contribution in [2.24, 2.45) is 0 Å². The van der Waals surface area contributed by atoms with Gasteiger partial charge in [0, 0.05) is 48.7 Å². The predicted molar refractivity (Wildman–Crippen MR) is 84.0 cm³/mol. The van der Waals surface area contributed by atoms with Crippen LogP contribution in [0.4, 0.5) is 0 Å². The normalized spacial score (nSPS) is 11.0. The van der Waals surface area contributed by atoms with Gasteiger partial charge in [0.25, 0.3) is 0 Å². The molecule has 0 aliphatic carbocycles. The van der Waals surface area contributed by atoms with Crippen LogP contribution >= 0.6 is 0 Å². The summed E-state index contributed by atoms with van der Waals surface area (Å²) in [4.78, 5) is 15.7. The van der Waals surface area contributed by atoms with Crippen molar-refractivity contribution < 1.29 is 14.6 Å². The monoisotopic (exact) mass is 296 g/mol. The summed E-state index contributed by atoms with van der Waals surface area (Å²) >= 11 is 0. The van der Waals surface area contributed by atoms with E-state index in [9.17, 15) is 9.90 Å². The van der Waals surface area contributed by atoms with E-state index in [4.69, 9.17) is 4.74 Å². The van der Waals surface area contributed by atoms with Gasteiger partial charge in [0.05, 0.1) is 12.2 Å². The molecule has 5 nitrogen and oxygen atoms in total. The van der Waals surface area contributed by atoms with Crippen molar-refractivity contribution in [3.63, 3.8) is 0 Å². The van der Waals surface area contributed by atoms with Crippen LogP contribution in [0.5, 0.6) is 0 Å². The number of nitrogens with zero attached hydrogens (tertiary/aromatic N) is 2. The highest BCUT2D eigenvalue weighted by molar-refractivity contribution is 6.09. The van der Waals surface area contributed by atoms with E-state index in [1.165, 1.54) is 0 Å². The molecular weight excluding hydrogens is 280 g/mol. The van der Waals surface area contributed by atoms with Crippen molar-refractivity contribution in [1.29, 1.82) is 0 Å². The Morgan fingerprint density at radius 3 is 2.86 bits per heavy atom. The fourth-order valence-corrected chi connectivity index (χ4v) is 2.65. The fraction of sp³-hybridized carbons (Fsp3) is 0.176. The summed E-state index contributed by atoms with van der Waals surface area (Å²) in [7, 11) is 1.63. The minimum absolute atomic E-state index is 0.297. The molecule has 5 heteroatoms. The SMILES string of the molecule is COCCn1cc(C(=O)O)c2c(-c3cccnc3)cccc21. The Labute approximate surface area is 127 Å². The first-order valence-electron chi connectivity index (χ1n) is 6.97. The second-order valence-corrected chi connectivity index (χ2v) is 4.98. The van der Waals surface area contributed by atoms with Crippen LogP contribution in [0.2, 0.25) is 0 Å². The first kappa shape index (κ1) is 14.3. The number of pyridine rings is 1. The highest BCUT2D eigenvalue weighted by Crippen LogP contribution is 2.32. The molecule has 0 atom stereocenters. The van der Waals surface area contributed by atoms with E-state index >= 15 is 0 Å². The third-order valence-corrected chi connectivity index (χ3v) is 3.65. The molecule has 1 aromatic carbocycles. The van der Waals surface area contributed by atoms with E-state index in [0.29, 0.717) is 18.7 Å². The van der Waals surface area contributed by atoms with Gasteiger partial charge in [0.1, 0.15) is 0 Å². The average molecular weight is 296 g/mol. The van der Waals surface area contributed by atoms with Gasteiger partial charge < -0.3 is 14.4 Å². The Balaban J connectivity index is 2.26. The van der Waals surface area contributed by atoms with E-state index in [1.54, 1.807) is 25.7 Å². The number of carbonyl (C=O) groups is 1. The number of methoxy groups -OCH3 is 1. The smallest absolute Gasteiger partial charge is 0.337 e. The first-order chi connectivity index (χ1) is 10.7. The predicted octanol–water partition coefficient (Wildman–Crippen LogP) is 3.05. The van der Waals surface area contributed by atoms with E-state index in [2.05, 4.69) is 4.98 Å². The molecule has 0 bridgehead atoms. The number of benzene rings is 1. The maximum Gasteiger partial charge on any atom is 0.337 e. The van der Waals surface area contributed by atoms with Crippen LogP contribution in [0.25, 0.3) is 22.0 Å². The van der Waals surface area contributed by atoms with Gasteiger partial charge in [-0.1, -0.05) is 18.2 Å². The van der Waals surface area contributed by atoms with Crippen molar-refractivity contribution in [2.45, 2.75) is 6.54 Å². The van der Waals surface area contributed by atoms with Crippen LogP contribution < -0.4 is 0 Å². The average Bonchev–Trinajstić information content (AvgIpc) is 2.93. The Morgan fingerprint density at radius 2 is 2.18 bits per heavy atom. The Kier molecular flexibility index (Phi) is 3.89. The van der Waals surface area contributed by atoms with Crippen LogP contribution in [0.3, 0.4) is 0 Å². The van der Waals surface area contributed by atoms with Gasteiger partial charge in [-0.05, 0) is 17.7 Å². The van der Waals surface area contributed by atoms with E-state index in [0.717, 1.165) is 22.0 Å². The second kappa shape index (κ2) is 5.99. The molecule has 22 heavy (non-hydrogen) atoms. The molecule has 1 N–H and O–H groups in total. The molecule has 3 rings (SSSR count). The molecule has 0 fully saturated rings. The Bertz CT molecular complexity index is 809. The summed E-state index contributed by atoms with van der Waals surface area (Å²) in [6.45, 7) is 1.14. The van der Waals surface area contributed by atoms with Crippen LogP contribution in [0.1, 0.15) is 10.4 Å². The molecule has 0 spiro atoms. The van der Waals surface area contributed by atoms with Gasteiger partial charge in [-0.15, -0.1) is 0 Å². The van der Waals surface area contributed by atoms with E-state index in [1.807, 2.05) is 34.9 Å². The third-order valence-electron chi connectivity index (χ3n) is 3.65. The van der Waals surface area contributed by atoms with Crippen LogP contribution in [0.15, 0.2) is 48.9 Å². The summed E-state index contributed by atoms with van der Waals surface area (Å²) in [5.74, 6) is -0.933. The number of aromatic nitrogens is 2. The zero-order chi connectivity index (χ0) is 15.5. The number of rotatable bonds is 5. The largest absolute Gasteiger partial charge is 0.478 e. The van der Waals surface area contributed by atoms with Gasteiger partial charge in [-0.25, -0.2) is 4.79 Å². The number of carboxylic acid groups (broad SMARTS) is 1. The summed E-state index contributed by atoms with van der Waals surface area (Å²) in [5, 5.41) is 10.3. The summed E-state index contributed by atoms with van der Waals surface area (Å²) in [6, 6.07) is 9.56. The number of aromatic carboxylic acids is 1. The highest BCUT2D eigenvalue weighted by atomic mass is 16.5. The van der Waals surface area contributed by atoms with Crippen molar-refractivity contribution in [1.82, 2.24) is 9.55 Å². The topological polar surface area (TPSA) is 64.3 Å². The highest BCUT2D eigenvalue weighted by Gasteiger charge is 2.17. The van der Waals surface area contributed by atoms with Gasteiger partial charge >= 0.3 is 5.97 Å². The molecule has 0 amide bonds. The molecule has 2 aromatic heterocycles. The van der Waals surface area contributed by atoms with Crippen LogP contribution in [-0.4, -0.2) is 34.3 Å². The number of carboxylic acids is 1. The standard InChI is InChI=1S/C17H16N2O3/c1-22-9-8-19-11-14(17(20)21)16-13(5-2-6-15(16)19)12-4-3-7-18-10-12/h2-7,10-11H,8-9H2,1H3,(H,20,21). The lowest BCUT2D eigenvalue weighted by Crippen LogP contribution is -2.02. The Morgan fingerprint density at radius 1 is 1.32 bits per heavy atom. The van der Waals surface area contributed by atoms with Gasteiger partial charge in [0.15, 0.2) is 0 Å². The van der Waals surface area contributed by atoms with Crippen molar-refractivity contribution >= 4 is 16.9 Å². The summed E-state index contributed by atoms with van der Waals surface area (Å²) < 4.78 is 7.02. The molecule has 112 valence electrons. The van der Waals surface area contributed by atoms with Gasteiger partial charge in [-0.2, -0.15) is 0 Å². The number of hydrogen-bond donors (Lipinski definition) is 1. The molecular formula is C17H16N2O3.